The first-order valence-electron chi connectivity index (χ1n) is 13.5. The van der Waals surface area contributed by atoms with Gasteiger partial charge in [0.1, 0.15) is 11.9 Å². The summed E-state index contributed by atoms with van der Waals surface area (Å²) < 4.78 is 13.7. The lowest BCUT2D eigenvalue weighted by Gasteiger charge is -2.42. The molecule has 0 bridgehead atoms. The van der Waals surface area contributed by atoms with E-state index in [1.165, 1.54) is 39.0 Å². The zero-order valence-electron chi connectivity index (χ0n) is 22.5. The van der Waals surface area contributed by atoms with E-state index in [9.17, 15) is 23.9 Å². The summed E-state index contributed by atoms with van der Waals surface area (Å²) in [6, 6.07) is 27.0. The standard InChI is InChI=1S/C33H27FN4O4/c34-25-16-18-27(19-17-25)37(26-10-2-1-3-11-26)32(41)35-20-21-36(30(22-35)31(39)40)33(42)38-28-12-6-4-8-23(28)14-15-24-9-5-7-13-29(24)38/h1-19,30H,20-22H2,(H,39,40)/t30-/m0/s1. The normalized spacial score (nSPS) is 15.8. The highest BCUT2D eigenvalue weighted by Crippen LogP contribution is 2.37. The van der Waals surface area contributed by atoms with Gasteiger partial charge in [0, 0.05) is 13.1 Å². The molecule has 4 amide bonds. The summed E-state index contributed by atoms with van der Waals surface area (Å²) in [4.78, 5) is 46.5. The van der Waals surface area contributed by atoms with Crippen molar-refractivity contribution < 1.29 is 23.9 Å². The molecule has 4 aromatic rings. The van der Waals surface area contributed by atoms with Crippen LogP contribution in [0.5, 0.6) is 0 Å². The summed E-state index contributed by atoms with van der Waals surface area (Å²) in [7, 11) is 0. The lowest BCUT2D eigenvalue weighted by molar-refractivity contribution is -0.143. The molecule has 2 aliphatic heterocycles. The van der Waals surface area contributed by atoms with E-state index in [0.717, 1.165) is 11.1 Å². The molecular weight excluding hydrogens is 535 g/mol. The Morgan fingerprint density at radius 1 is 0.714 bits per heavy atom. The number of para-hydroxylation sites is 3. The number of piperazine rings is 1. The Hall–Kier alpha value is -5.44. The van der Waals surface area contributed by atoms with Gasteiger partial charge in [0.15, 0.2) is 0 Å². The van der Waals surface area contributed by atoms with Crippen molar-refractivity contribution in [3.05, 3.63) is 120 Å². The third kappa shape index (κ3) is 4.96. The van der Waals surface area contributed by atoms with Gasteiger partial charge in [-0.25, -0.2) is 18.8 Å². The van der Waals surface area contributed by atoms with Crippen LogP contribution >= 0.6 is 0 Å². The molecule has 0 unspecified atom stereocenters. The van der Waals surface area contributed by atoms with E-state index in [-0.39, 0.29) is 19.6 Å². The van der Waals surface area contributed by atoms with Gasteiger partial charge in [0.25, 0.3) is 0 Å². The zero-order valence-corrected chi connectivity index (χ0v) is 22.5. The molecule has 4 aromatic carbocycles. The van der Waals surface area contributed by atoms with E-state index in [4.69, 9.17) is 0 Å². The van der Waals surface area contributed by atoms with Crippen molar-refractivity contribution in [3.8, 4) is 0 Å². The third-order valence-electron chi connectivity index (χ3n) is 7.46. The molecular formula is C33H27FN4O4. The second-order valence-electron chi connectivity index (χ2n) is 9.99. The van der Waals surface area contributed by atoms with E-state index < -0.39 is 29.9 Å². The van der Waals surface area contributed by atoms with Crippen LogP contribution in [0.15, 0.2) is 103 Å². The molecule has 1 atom stereocenters. The summed E-state index contributed by atoms with van der Waals surface area (Å²) >= 11 is 0. The smallest absolute Gasteiger partial charge is 0.330 e. The van der Waals surface area contributed by atoms with Crippen LogP contribution in [0.4, 0.5) is 36.7 Å². The monoisotopic (exact) mass is 562 g/mol. The number of urea groups is 2. The third-order valence-corrected chi connectivity index (χ3v) is 7.46. The van der Waals surface area contributed by atoms with Crippen LogP contribution in [-0.2, 0) is 4.79 Å². The second kappa shape index (κ2) is 11.2. The molecule has 2 aliphatic rings. The minimum absolute atomic E-state index is 0.00184. The topological polar surface area (TPSA) is 84.4 Å². The first-order chi connectivity index (χ1) is 20.4. The Morgan fingerprint density at radius 2 is 1.26 bits per heavy atom. The minimum Gasteiger partial charge on any atom is -0.480 e. The first kappa shape index (κ1) is 26.8. The van der Waals surface area contributed by atoms with Crippen molar-refractivity contribution in [2.45, 2.75) is 6.04 Å². The number of carbonyl (C=O) groups is 3. The van der Waals surface area contributed by atoms with Crippen LogP contribution in [0, 0.1) is 5.82 Å². The van der Waals surface area contributed by atoms with Gasteiger partial charge in [0.05, 0.1) is 29.3 Å². The van der Waals surface area contributed by atoms with E-state index in [2.05, 4.69) is 0 Å². The van der Waals surface area contributed by atoms with E-state index in [0.29, 0.717) is 22.7 Å². The Kier molecular flexibility index (Phi) is 7.14. The molecule has 6 rings (SSSR count). The van der Waals surface area contributed by atoms with Crippen LogP contribution < -0.4 is 9.80 Å². The predicted molar refractivity (Wildman–Crippen MR) is 159 cm³/mol. The van der Waals surface area contributed by atoms with Gasteiger partial charge in [-0.3, -0.25) is 9.80 Å². The SMILES string of the molecule is O=C(O)[C@@H]1CN(C(=O)N(c2ccccc2)c2ccc(F)cc2)CCN1C(=O)N1c2ccccc2C=Cc2ccccc21. The van der Waals surface area contributed by atoms with Gasteiger partial charge in [-0.2, -0.15) is 0 Å². The van der Waals surface area contributed by atoms with Crippen molar-refractivity contribution in [1.82, 2.24) is 9.80 Å². The number of hydrogen-bond acceptors (Lipinski definition) is 3. The maximum Gasteiger partial charge on any atom is 0.330 e. The molecule has 2 heterocycles. The largest absolute Gasteiger partial charge is 0.480 e. The van der Waals surface area contributed by atoms with Crippen LogP contribution in [-0.4, -0.2) is 58.6 Å². The number of rotatable bonds is 3. The number of hydrogen-bond donors (Lipinski definition) is 1. The highest BCUT2D eigenvalue weighted by Gasteiger charge is 2.41. The fraction of sp³-hybridized carbons (Fsp3) is 0.121. The number of aliphatic carboxylic acids is 1. The van der Waals surface area contributed by atoms with Gasteiger partial charge in [-0.05, 0) is 59.7 Å². The summed E-state index contributed by atoms with van der Waals surface area (Å²) in [5.41, 5.74) is 3.89. The van der Waals surface area contributed by atoms with Gasteiger partial charge in [-0.1, -0.05) is 66.7 Å². The molecule has 42 heavy (non-hydrogen) atoms. The van der Waals surface area contributed by atoms with E-state index >= 15 is 0 Å². The Bertz CT molecular complexity index is 1630. The number of halogens is 1. The van der Waals surface area contributed by atoms with E-state index in [1.54, 1.807) is 29.2 Å². The lowest BCUT2D eigenvalue weighted by atomic mass is 10.1. The average molecular weight is 563 g/mol. The fourth-order valence-corrected chi connectivity index (χ4v) is 5.38. The summed E-state index contributed by atoms with van der Waals surface area (Å²) in [6.45, 7) is -0.115. The number of benzene rings is 4. The van der Waals surface area contributed by atoms with Crippen LogP contribution in [0.25, 0.3) is 12.2 Å². The van der Waals surface area contributed by atoms with Crippen molar-refractivity contribution in [3.63, 3.8) is 0 Å². The molecule has 0 radical (unpaired) electrons. The summed E-state index contributed by atoms with van der Waals surface area (Å²) in [5.74, 6) is -1.66. The van der Waals surface area contributed by atoms with Crippen LogP contribution in [0.2, 0.25) is 0 Å². The second-order valence-corrected chi connectivity index (χ2v) is 9.99. The highest BCUT2D eigenvalue weighted by molar-refractivity contribution is 6.07. The number of fused-ring (bicyclic) bond motifs is 2. The molecule has 0 aliphatic carbocycles. The maximum absolute atomic E-state index is 14.2. The molecule has 210 valence electrons. The molecule has 9 heteroatoms. The van der Waals surface area contributed by atoms with Crippen molar-refractivity contribution in [1.29, 1.82) is 0 Å². The number of anilines is 4. The Morgan fingerprint density at radius 3 is 1.86 bits per heavy atom. The number of carboxylic acid groups (broad SMARTS) is 1. The quantitative estimate of drug-likeness (QED) is 0.305. The molecule has 8 nitrogen and oxygen atoms in total. The number of carboxylic acids is 1. The Labute approximate surface area is 242 Å². The van der Waals surface area contributed by atoms with Gasteiger partial charge in [0.2, 0.25) is 0 Å². The zero-order chi connectivity index (χ0) is 29.2. The summed E-state index contributed by atoms with van der Waals surface area (Å²) in [6.07, 6.45) is 3.86. The number of nitrogens with zero attached hydrogens (tertiary/aromatic N) is 4. The molecule has 1 N–H and O–H groups in total. The van der Waals surface area contributed by atoms with E-state index in [1.807, 2.05) is 66.7 Å². The van der Waals surface area contributed by atoms with Crippen LogP contribution in [0.3, 0.4) is 0 Å². The minimum atomic E-state index is -1.29. The molecule has 0 spiro atoms. The van der Waals surface area contributed by atoms with Crippen molar-refractivity contribution in [2.75, 3.05) is 29.4 Å². The van der Waals surface area contributed by atoms with Gasteiger partial charge < -0.3 is 14.9 Å². The first-order valence-corrected chi connectivity index (χ1v) is 13.5. The predicted octanol–water partition coefficient (Wildman–Crippen LogP) is 6.60. The molecule has 0 aromatic heterocycles. The van der Waals surface area contributed by atoms with Gasteiger partial charge >= 0.3 is 18.0 Å². The van der Waals surface area contributed by atoms with Crippen molar-refractivity contribution in [2.24, 2.45) is 0 Å². The molecule has 1 fully saturated rings. The highest BCUT2D eigenvalue weighted by atomic mass is 19.1. The maximum atomic E-state index is 14.2. The van der Waals surface area contributed by atoms with Gasteiger partial charge in [-0.15, -0.1) is 0 Å². The molecule has 0 saturated carbocycles. The lowest BCUT2D eigenvalue weighted by Crippen LogP contribution is -2.62. The Balaban J connectivity index is 1.32. The summed E-state index contributed by atoms with van der Waals surface area (Å²) in [5, 5.41) is 10.3. The van der Waals surface area contributed by atoms with Crippen LogP contribution in [0.1, 0.15) is 11.1 Å². The molecule has 1 saturated heterocycles. The fourth-order valence-electron chi connectivity index (χ4n) is 5.38. The number of carbonyl (C=O) groups excluding carboxylic acids is 2. The number of amides is 4. The average Bonchev–Trinajstić information content (AvgIpc) is 3.19. The van der Waals surface area contributed by atoms with Crippen molar-refractivity contribution >= 4 is 52.9 Å².